The number of imide groups is 1. The lowest BCUT2D eigenvalue weighted by atomic mass is 10.1. The second-order valence-corrected chi connectivity index (χ2v) is 2.95. The van der Waals surface area contributed by atoms with Crippen molar-refractivity contribution in [2.45, 2.75) is 19.4 Å². The fourth-order valence-electron chi connectivity index (χ4n) is 1.39. The molecule has 1 aliphatic rings. The van der Waals surface area contributed by atoms with Crippen molar-refractivity contribution >= 4 is 17.8 Å². The van der Waals surface area contributed by atoms with E-state index in [4.69, 9.17) is 11.6 Å². The third-order valence-corrected chi connectivity index (χ3v) is 2.07. The van der Waals surface area contributed by atoms with Crippen LogP contribution < -0.4 is 16.9 Å². The standard InChI is InChI=1S/C7H13N5O2/c1-2-4-6(14)10-5(13)3-12(4)7(8)11-9/h4H,2-3,9H2,1H3,(H2,8,11)(H,10,13,14). The Bertz CT molecular complexity index is 288. The SMILES string of the molecule is CCC1C(=O)NC(=O)CN1C(N)=NN. The van der Waals surface area contributed by atoms with Crippen LogP contribution in [0.1, 0.15) is 13.3 Å². The van der Waals surface area contributed by atoms with E-state index in [-0.39, 0.29) is 18.4 Å². The molecule has 0 spiro atoms. The third-order valence-electron chi connectivity index (χ3n) is 2.07. The molecule has 0 aromatic rings. The van der Waals surface area contributed by atoms with Crippen LogP contribution in [0.5, 0.6) is 0 Å². The molecule has 5 N–H and O–H groups in total. The van der Waals surface area contributed by atoms with E-state index in [0.717, 1.165) is 0 Å². The number of guanidine groups is 1. The van der Waals surface area contributed by atoms with Crippen LogP contribution in [0.25, 0.3) is 0 Å². The summed E-state index contributed by atoms with van der Waals surface area (Å²) in [5.74, 6) is 4.23. The Labute approximate surface area is 81.1 Å². The maximum Gasteiger partial charge on any atom is 0.249 e. The first-order chi connectivity index (χ1) is 6.60. The maximum atomic E-state index is 11.3. The highest BCUT2D eigenvalue weighted by atomic mass is 16.2. The van der Waals surface area contributed by atoms with Crippen molar-refractivity contribution in [3.63, 3.8) is 0 Å². The van der Waals surface area contributed by atoms with Crippen molar-refractivity contribution < 1.29 is 9.59 Å². The van der Waals surface area contributed by atoms with Gasteiger partial charge < -0.3 is 16.5 Å². The second-order valence-electron chi connectivity index (χ2n) is 2.95. The lowest BCUT2D eigenvalue weighted by Gasteiger charge is -2.33. The highest BCUT2D eigenvalue weighted by Gasteiger charge is 2.33. The van der Waals surface area contributed by atoms with Crippen LogP contribution in [0.3, 0.4) is 0 Å². The van der Waals surface area contributed by atoms with E-state index >= 15 is 0 Å². The molecule has 1 heterocycles. The van der Waals surface area contributed by atoms with Crippen molar-refractivity contribution in [1.29, 1.82) is 0 Å². The summed E-state index contributed by atoms with van der Waals surface area (Å²) in [6.07, 6.45) is 0.537. The first-order valence-electron chi connectivity index (χ1n) is 4.23. The largest absolute Gasteiger partial charge is 0.368 e. The molecule has 0 aliphatic carbocycles. The minimum atomic E-state index is -0.472. The molecule has 1 rings (SSSR count). The Morgan fingerprint density at radius 2 is 2.36 bits per heavy atom. The van der Waals surface area contributed by atoms with Crippen molar-refractivity contribution in [3.8, 4) is 0 Å². The topological polar surface area (TPSA) is 114 Å². The predicted molar refractivity (Wildman–Crippen MR) is 49.7 cm³/mol. The molecule has 0 bridgehead atoms. The summed E-state index contributed by atoms with van der Waals surface area (Å²) < 4.78 is 0. The molecule has 78 valence electrons. The van der Waals surface area contributed by atoms with Crippen LogP contribution in [0, 0.1) is 0 Å². The fraction of sp³-hybridized carbons (Fsp3) is 0.571. The first kappa shape index (κ1) is 10.3. The van der Waals surface area contributed by atoms with E-state index < -0.39 is 11.9 Å². The van der Waals surface area contributed by atoms with Gasteiger partial charge in [-0.25, -0.2) is 0 Å². The highest BCUT2D eigenvalue weighted by Crippen LogP contribution is 2.07. The van der Waals surface area contributed by atoms with Gasteiger partial charge in [0.25, 0.3) is 0 Å². The molecule has 1 atom stereocenters. The number of hydrogen-bond donors (Lipinski definition) is 3. The van der Waals surface area contributed by atoms with Crippen LogP contribution in [0.15, 0.2) is 5.10 Å². The molecule has 0 aromatic heterocycles. The first-order valence-corrected chi connectivity index (χ1v) is 4.23. The predicted octanol–water partition coefficient (Wildman–Crippen LogP) is -2.09. The van der Waals surface area contributed by atoms with Gasteiger partial charge in [0.15, 0.2) is 0 Å². The summed E-state index contributed by atoms with van der Waals surface area (Å²) >= 11 is 0. The van der Waals surface area contributed by atoms with Crippen LogP contribution in [-0.2, 0) is 9.59 Å². The van der Waals surface area contributed by atoms with Crippen molar-refractivity contribution in [1.82, 2.24) is 10.2 Å². The summed E-state index contributed by atoms with van der Waals surface area (Å²) in [7, 11) is 0. The Hall–Kier alpha value is -1.79. The van der Waals surface area contributed by atoms with Gasteiger partial charge in [0.2, 0.25) is 17.8 Å². The monoisotopic (exact) mass is 199 g/mol. The van der Waals surface area contributed by atoms with Crippen LogP contribution in [0.4, 0.5) is 0 Å². The van der Waals surface area contributed by atoms with E-state index in [2.05, 4.69) is 10.4 Å². The fourth-order valence-corrected chi connectivity index (χ4v) is 1.39. The average molecular weight is 199 g/mol. The number of nitrogens with one attached hydrogen (secondary N) is 1. The Morgan fingerprint density at radius 1 is 1.71 bits per heavy atom. The molecular formula is C7H13N5O2. The van der Waals surface area contributed by atoms with Crippen LogP contribution >= 0.6 is 0 Å². The van der Waals surface area contributed by atoms with Gasteiger partial charge in [-0.15, -0.1) is 5.10 Å². The van der Waals surface area contributed by atoms with Gasteiger partial charge in [0, 0.05) is 0 Å². The normalized spacial score (nSPS) is 23.6. The number of piperazine rings is 1. The van der Waals surface area contributed by atoms with E-state index in [1.807, 2.05) is 6.92 Å². The summed E-state index contributed by atoms with van der Waals surface area (Å²) in [4.78, 5) is 23.8. The number of hydrazone groups is 1. The molecular weight excluding hydrogens is 186 g/mol. The Morgan fingerprint density at radius 3 is 2.86 bits per heavy atom. The number of amides is 2. The molecule has 1 unspecified atom stereocenters. The summed E-state index contributed by atoms with van der Waals surface area (Å²) in [6, 6.07) is -0.472. The highest BCUT2D eigenvalue weighted by molar-refractivity contribution is 6.04. The number of nitrogens with two attached hydrogens (primary N) is 2. The van der Waals surface area contributed by atoms with Gasteiger partial charge in [-0.2, -0.15) is 0 Å². The minimum Gasteiger partial charge on any atom is -0.368 e. The second kappa shape index (κ2) is 3.95. The Balaban J connectivity index is 2.89. The molecule has 7 nitrogen and oxygen atoms in total. The zero-order valence-electron chi connectivity index (χ0n) is 7.86. The van der Waals surface area contributed by atoms with Gasteiger partial charge in [-0.3, -0.25) is 14.9 Å². The quantitative estimate of drug-likeness (QED) is 0.147. The molecule has 1 aliphatic heterocycles. The van der Waals surface area contributed by atoms with Crippen molar-refractivity contribution in [2.24, 2.45) is 16.7 Å². The summed E-state index contributed by atoms with van der Waals surface area (Å²) in [6.45, 7) is 1.83. The van der Waals surface area contributed by atoms with E-state index in [1.54, 1.807) is 0 Å². The van der Waals surface area contributed by atoms with Gasteiger partial charge in [-0.05, 0) is 6.42 Å². The molecule has 2 amide bonds. The Kier molecular flexibility index (Phi) is 2.90. The van der Waals surface area contributed by atoms with Crippen LogP contribution in [-0.4, -0.2) is 35.3 Å². The van der Waals surface area contributed by atoms with Gasteiger partial charge in [-0.1, -0.05) is 6.92 Å². The average Bonchev–Trinajstić information content (AvgIpc) is 2.15. The third kappa shape index (κ3) is 1.76. The van der Waals surface area contributed by atoms with E-state index in [0.29, 0.717) is 6.42 Å². The lowest BCUT2D eigenvalue weighted by Crippen LogP contribution is -2.61. The van der Waals surface area contributed by atoms with Crippen molar-refractivity contribution in [2.75, 3.05) is 6.54 Å². The number of carbonyl (C=O) groups excluding carboxylic acids is 2. The summed E-state index contributed by atoms with van der Waals surface area (Å²) in [5, 5.41) is 5.49. The molecule has 0 saturated carbocycles. The molecule has 7 heteroatoms. The molecule has 1 saturated heterocycles. The number of hydrogen-bond acceptors (Lipinski definition) is 4. The zero-order chi connectivity index (χ0) is 10.7. The molecule has 0 aromatic carbocycles. The smallest absolute Gasteiger partial charge is 0.249 e. The number of nitrogens with zero attached hydrogens (tertiary/aromatic N) is 2. The van der Waals surface area contributed by atoms with Crippen molar-refractivity contribution in [3.05, 3.63) is 0 Å². The zero-order valence-corrected chi connectivity index (χ0v) is 7.86. The molecule has 14 heavy (non-hydrogen) atoms. The van der Waals surface area contributed by atoms with Gasteiger partial charge in [0.1, 0.15) is 12.6 Å². The number of carbonyl (C=O) groups is 2. The minimum absolute atomic E-state index is 0.0000463. The maximum absolute atomic E-state index is 11.3. The van der Waals surface area contributed by atoms with Crippen LogP contribution in [0.2, 0.25) is 0 Å². The lowest BCUT2D eigenvalue weighted by molar-refractivity contribution is -0.137. The molecule has 1 fully saturated rings. The van der Waals surface area contributed by atoms with E-state index in [9.17, 15) is 9.59 Å². The number of rotatable bonds is 1. The molecule has 0 radical (unpaired) electrons. The van der Waals surface area contributed by atoms with E-state index in [1.165, 1.54) is 4.90 Å². The summed E-state index contributed by atoms with van der Waals surface area (Å²) in [5.41, 5.74) is 5.46. The van der Waals surface area contributed by atoms with Gasteiger partial charge in [0.05, 0.1) is 0 Å². The van der Waals surface area contributed by atoms with Gasteiger partial charge >= 0.3 is 0 Å².